The van der Waals surface area contributed by atoms with Crippen LogP contribution in [0.15, 0.2) is 29.2 Å². The number of fused-ring (bicyclic) bond motifs is 1. The number of H-pyrrole nitrogens is 1. The number of imidazole rings is 1. The van der Waals surface area contributed by atoms with Gasteiger partial charge in [-0.25, -0.2) is 9.78 Å². The van der Waals surface area contributed by atoms with Crippen molar-refractivity contribution in [1.29, 1.82) is 0 Å². The molecule has 1 saturated heterocycles. The topological polar surface area (TPSA) is 145 Å². The van der Waals surface area contributed by atoms with E-state index in [9.17, 15) is 19.5 Å². The van der Waals surface area contributed by atoms with Gasteiger partial charge >= 0.3 is 11.7 Å². The second-order valence-electron chi connectivity index (χ2n) is 7.83. The van der Waals surface area contributed by atoms with Crippen LogP contribution in [0.2, 0.25) is 5.02 Å². The van der Waals surface area contributed by atoms with Crippen LogP contribution in [0.5, 0.6) is 0 Å². The Bertz CT molecular complexity index is 1250. The zero-order valence-corrected chi connectivity index (χ0v) is 18.7. The Balaban J connectivity index is 1.55. The van der Waals surface area contributed by atoms with E-state index in [1.54, 1.807) is 25.2 Å². The number of halogens is 1. The van der Waals surface area contributed by atoms with Crippen LogP contribution >= 0.6 is 11.6 Å². The summed E-state index contributed by atoms with van der Waals surface area (Å²) in [5, 5.41) is 15.2. The summed E-state index contributed by atoms with van der Waals surface area (Å²) in [6.45, 7) is 1.34. The number of nitrogens with one attached hydrogen (secondary N) is 3. The van der Waals surface area contributed by atoms with Gasteiger partial charge in [-0.3, -0.25) is 14.2 Å². The Kier molecular flexibility index (Phi) is 6.50. The lowest BCUT2D eigenvalue weighted by atomic mass is 9.97. The van der Waals surface area contributed by atoms with Crippen molar-refractivity contribution in [2.45, 2.75) is 25.8 Å². The lowest BCUT2D eigenvalue weighted by molar-refractivity contribution is -0.142. The molecule has 33 heavy (non-hydrogen) atoms. The number of aliphatic carboxylic acids is 1. The molecule has 11 nitrogen and oxygen atoms in total. The number of hydrogen-bond acceptors (Lipinski definition) is 7. The van der Waals surface area contributed by atoms with Crippen LogP contribution in [0, 0.1) is 5.92 Å². The van der Waals surface area contributed by atoms with Gasteiger partial charge in [0.2, 0.25) is 11.9 Å². The molecule has 0 unspecified atom stereocenters. The third-order valence-electron chi connectivity index (χ3n) is 5.74. The summed E-state index contributed by atoms with van der Waals surface area (Å²) in [4.78, 5) is 48.7. The van der Waals surface area contributed by atoms with E-state index in [0.717, 1.165) is 0 Å². The lowest BCUT2D eigenvalue weighted by Gasteiger charge is -2.30. The molecule has 1 aromatic carbocycles. The third kappa shape index (κ3) is 4.92. The Morgan fingerprint density at radius 1 is 1.30 bits per heavy atom. The standard InChI is InChI=1S/C21H24ClN7O4/c1-23-17(30)6-9-29-16-10-13(2-3-15(16)26-21(29)33)25-18-14(22)11-24-20(27-18)28-7-4-12(5-8-28)19(31)32/h2-3,10-12H,4-9H2,1H3,(H,23,30)(H,26,33)(H,31,32)(H,24,25,27). The molecule has 0 atom stereocenters. The van der Waals surface area contributed by atoms with E-state index in [1.807, 2.05) is 4.90 Å². The molecular weight excluding hydrogens is 450 g/mol. The van der Waals surface area contributed by atoms with Gasteiger partial charge in [-0.1, -0.05) is 11.6 Å². The number of nitrogens with zero attached hydrogens (tertiary/aromatic N) is 4. The van der Waals surface area contributed by atoms with Gasteiger partial charge < -0.3 is 25.6 Å². The average molecular weight is 474 g/mol. The van der Waals surface area contributed by atoms with Crippen molar-refractivity contribution in [3.63, 3.8) is 0 Å². The smallest absolute Gasteiger partial charge is 0.326 e. The van der Waals surface area contributed by atoms with Gasteiger partial charge in [-0.15, -0.1) is 0 Å². The average Bonchev–Trinajstić information content (AvgIpc) is 3.13. The fourth-order valence-corrected chi connectivity index (χ4v) is 3.99. The van der Waals surface area contributed by atoms with Crippen LogP contribution in [0.25, 0.3) is 11.0 Å². The Labute approximate surface area is 193 Å². The van der Waals surface area contributed by atoms with Crippen molar-refractivity contribution in [2.75, 3.05) is 30.4 Å². The number of carboxylic acid groups (broad SMARTS) is 1. The number of hydrogen-bond donors (Lipinski definition) is 4. The highest BCUT2D eigenvalue weighted by molar-refractivity contribution is 6.32. The van der Waals surface area contributed by atoms with Gasteiger partial charge in [0.05, 0.1) is 23.1 Å². The molecule has 0 spiro atoms. The van der Waals surface area contributed by atoms with Crippen molar-refractivity contribution >= 4 is 52.0 Å². The Morgan fingerprint density at radius 3 is 2.76 bits per heavy atom. The monoisotopic (exact) mass is 473 g/mol. The first-order valence-electron chi connectivity index (χ1n) is 10.6. The molecule has 2 aromatic heterocycles. The number of aryl methyl sites for hydroxylation is 1. The minimum Gasteiger partial charge on any atom is -0.481 e. The number of rotatable bonds is 7. The predicted octanol–water partition coefficient (Wildman–Crippen LogP) is 1.95. The van der Waals surface area contributed by atoms with Crippen molar-refractivity contribution in [1.82, 2.24) is 24.8 Å². The first kappa shape index (κ1) is 22.6. The molecule has 12 heteroatoms. The van der Waals surface area contributed by atoms with Crippen molar-refractivity contribution in [3.05, 3.63) is 39.9 Å². The second-order valence-corrected chi connectivity index (χ2v) is 8.24. The third-order valence-corrected chi connectivity index (χ3v) is 6.01. The first-order chi connectivity index (χ1) is 15.9. The number of anilines is 3. The molecule has 1 aliphatic rings. The molecule has 0 bridgehead atoms. The molecule has 1 aliphatic heterocycles. The fraction of sp³-hybridized carbons (Fsp3) is 0.381. The van der Waals surface area contributed by atoms with E-state index >= 15 is 0 Å². The number of aromatic amines is 1. The molecule has 174 valence electrons. The number of piperidine rings is 1. The summed E-state index contributed by atoms with van der Waals surface area (Å²) in [6, 6.07) is 5.34. The highest BCUT2D eigenvalue weighted by Crippen LogP contribution is 2.28. The Morgan fingerprint density at radius 2 is 2.06 bits per heavy atom. The molecule has 4 rings (SSSR count). The number of aromatic nitrogens is 4. The summed E-state index contributed by atoms with van der Waals surface area (Å²) >= 11 is 6.31. The van der Waals surface area contributed by atoms with Crippen LogP contribution in [-0.4, -0.2) is 56.6 Å². The maximum Gasteiger partial charge on any atom is 0.326 e. The van der Waals surface area contributed by atoms with Crippen molar-refractivity contribution in [3.8, 4) is 0 Å². The largest absolute Gasteiger partial charge is 0.481 e. The van der Waals surface area contributed by atoms with Crippen LogP contribution in [-0.2, 0) is 16.1 Å². The highest BCUT2D eigenvalue weighted by atomic mass is 35.5. The Hall–Kier alpha value is -3.60. The first-order valence-corrected chi connectivity index (χ1v) is 10.9. The molecule has 3 heterocycles. The minimum absolute atomic E-state index is 0.154. The van der Waals surface area contributed by atoms with Gasteiger partial charge in [0.1, 0.15) is 5.02 Å². The van der Waals surface area contributed by atoms with Gasteiger partial charge in [0, 0.05) is 38.8 Å². The van der Waals surface area contributed by atoms with Crippen LogP contribution in [0.1, 0.15) is 19.3 Å². The van der Waals surface area contributed by atoms with E-state index in [0.29, 0.717) is 59.4 Å². The molecule has 3 aromatic rings. The molecule has 4 N–H and O–H groups in total. The van der Waals surface area contributed by atoms with Crippen LogP contribution < -0.4 is 21.2 Å². The summed E-state index contributed by atoms with van der Waals surface area (Å²) in [5.74, 6) is -0.409. The maximum absolute atomic E-state index is 12.3. The van der Waals surface area contributed by atoms with E-state index < -0.39 is 5.97 Å². The molecule has 0 radical (unpaired) electrons. The van der Waals surface area contributed by atoms with E-state index in [1.165, 1.54) is 10.8 Å². The van der Waals surface area contributed by atoms with Gasteiger partial charge in [-0.2, -0.15) is 4.98 Å². The summed E-state index contributed by atoms with van der Waals surface area (Å²) in [6.07, 6.45) is 2.74. The normalized spacial score (nSPS) is 14.4. The molecule has 1 amide bonds. The summed E-state index contributed by atoms with van der Waals surface area (Å²) < 4.78 is 1.51. The highest BCUT2D eigenvalue weighted by Gasteiger charge is 2.26. The van der Waals surface area contributed by atoms with Gasteiger partial charge in [-0.05, 0) is 31.0 Å². The molecule has 0 saturated carbocycles. The number of benzene rings is 1. The van der Waals surface area contributed by atoms with Crippen LogP contribution in [0.3, 0.4) is 0 Å². The van der Waals surface area contributed by atoms with E-state index in [2.05, 4.69) is 25.6 Å². The van der Waals surface area contributed by atoms with E-state index in [4.69, 9.17) is 11.6 Å². The lowest BCUT2D eigenvalue weighted by Crippen LogP contribution is -2.37. The SMILES string of the molecule is CNC(=O)CCn1c(=O)[nH]c2ccc(Nc3nc(N4CCC(C(=O)O)CC4)ncc3Cl)cc21. The summed E-state index contributed by atoms with van der Waals surface area (Å²) in [5.41, 5.74) is 1.66. The zero-order chi connectivity index (χ0) is 23.5. The van der Waals surface area contributed by atoms with Gasteiger partial charge in [0.15, 0.2) is 5.82 Å². The molecule has 0 aliphatic carbocycles. The molecule has 1 fully saturated rings. The zero-order valence-electron chi connectivity index (χ0n) is 18.0. The quantitative estimate of drug-likeness (QED) is 0.407. The van der Waals surface area contributed by atoms with Crippen molar-refractivity contribution in [2.24, 2.45) is 5.92 Å². The number of amides is 1. The van der Waals surface area contributed by atoms with Crippen molar-refractivity contribution < 1.29 is 14.7 Å². The van der Waals surface area contributed by atoms with Gasteiger partial charge in [0.25, 0.3) is 0 Å². The summed E-state index contributed by atoms with van der Waals surface area (Å²) in [7, 11) is 1.55. The number of carbonyl (C=O) groups excluding carboxylic acids is 1. The number of carbonyl (C=O) groups is 2. The second kappa shape index (κ2) is 9.49. The van der Waals surface area contributed by atoms with Crippen LogP contribution in [0.4, 0.5) is 17.5 Å². The maximum atomic E-state index is 12.3. The predicted molar refractivity (Wildman–Crippen MR) is 124 cm³/mol. The van der Waals surface area contributed by atoms with E-state index in [-0.39, 0.29) is 30.5 Å². The fourth-order valence-electron chi connectivity index (χ4n) is 3.85. The molecular formula is C21H24ClN7O4. The minimum atomic E-state index is -0.775. The number of carboxylic acids is 1.